The van der Waals surface area contributed by atoms with Crippen LogP contribution in [0.4, 0.5) is 37.2 Å². The number of benzene rings is 3. The largest absolute Gasteiger partial charge is 0.345 e. The Morgan fingerprint density at radius 1 is 0.684 bits per heavy atom. The first-order chi connectivity index (χ1) is 18.6. The fourth-order valence-electron chi connectivity index (χ4n) is 6.16. The molecular formula is C32H32F2N4. The molecule has 2 fully saturated rings. The molecule has 3 aromatic rings. The summed E-state index contributed by atoms with van der Waals surface area (Å²) in [5, 5.41) is 10.3. The SMILES string of the molecule is [C-]#[N+]c1cc(N(c2ccccc2F)C2CCCCC2)c(C#N)cc1N(c1ccccc1F)C1CCCCC1. The van der Waals surface area contributed by atoms with Crippen LogP contribution in [0.25, 0.3) is 4.85 Å². The Hall–Kier alpha value is -3.90. The highest BCUT2D eigenvalue weighted by atomic mass is 19.1. The Kier molecular flexibility index (Phi) is 7.89. The third-order valence-electron chi connectivity index (χ3n) is 7.96. The van der Waals surface area contributed by atoms with Gasteiger partial charge < -0.3 is 9.80 Å². The van der Waals surface area contributed by atoms with Crippen LogP contribution in [0.5, 0.6) is 0 Å². The van der Waals surface area contributed by atoms with Crippen LogP contribution < -0.4 is 9.80 Å². The molecule has 0 saturated heterocycles. The van der Waals surface area contributed by atoms with Crippen molar-refractivity contribution in [3.63, 3.8) is 0 Å². The van der Waals surface area contributed by atoms with Crippen molar-refractivity contribution < 1.29 is 8.78 Å². The summed E-state index contributed by atoms with van der Waals surface area (Å²) in [7, 11) is 0. The van der Waals surface area contributed by atoms with Crippen LogP contribution in [0.3, 0.4) is 0 Å². The standard InChI is InChI=1S/C32H32F2N4/c1-36-28-21-31(37(24-12-4-2-5-13-24)29-18-10-8-16-26(29)33)23(22-35)20-32(28)38(25-14-6-3-7-15-25)30-19-11-9-17-27(30)34/h8-11,16-21,24-25H,2-7,12-15H2. The molecule has 38 heavy (non-hydrogen) atoms. The number of hydrogen-bond acceptors (Lipinski definition) is 3. The number of nitrogens with zero attached hydrogens (tertiary/aromatic N) is 4. The molecule has 0 spiro atoms. The minimum atomic E-state index is -0.356. The molecule has 0 amide bonds. The lowest BCUT2D eigenvalue weighted by atomic mass is 9.91. The zero-order valence-electron chi connectivity index (χ0n) is 21.5. The fraction of sp³-hybridized carbons (Fsp3) is 0.375. The maximum absolute atomic E-state index is 15.2. The van der Waals surface area contributed by atoms with Crippen molar-refractivity contribution in [2.45, 2.75) is 76.3 Å². The van der Waals surface area contributed by atoms with Gasteiger partial charge in [0, 0.05) is 23.5 Å². The van der Waals surface area contributed by atoms with E-state index in [1.807, 2.05) is 9.80 Å². The quantitative estimate of drug-likeness (QED) is 0.310. The molecule has 2 saturated carbocycles. The van der Waals surface area contributed by atoms with Crippen LogP contribution in [0.15, 0.2) is 60.7 Å². The van der Waals surface area contributed by atoms with Crippen molar-refractivity contribution in [2.24, 2.45) is 0 Å². The van der Waals surface area contributed by atoms with Crippen LogP contribution in [0.2, 0.25) is 0 Å². The van der Waals surface area contributed by atoms with Crippen LogP contribution in [0.1, 0.15) is 69.8 Å². The van der Waals surface area contributed by atoms with Crippen molar-refractivity contribution in [2.75, 3.05) is 9.80 Å². The van der Waals surface area contributed by atoms with Gasteiger partial charge in [-0.05, 0) is 62.1 Å². The van der Waals surface area contributed by atoms with E-state index in [2.05, 4.69) is 10.9 Å². The third-order valence-corrected chi connectivity index (χ3v) is 7.96. The van der Waals surface area contributed by atoms with Gasteiger partial charge in [0.25, 0.3) is 0 Å². The van der Waals surface area contributed by atoms with E-state index in [0.717, 1.165) is 64.2 Å². The van der Waals surface area contributed by atoms with Gasteiger partial charge in [-0.2, -0.15) is 5.26 Å². The molecule has 0 heterocycles. The summed E-state index contributed by atoms with van der Waals surface area (Å²) in [4.78, 5) is 7.74. The molecule has 2 aliphatic carbocycles. The smallest absolute Gasteiger partial charge is 0.212 e. The van der Waals surface area contributed by atoms with Gasteiger partial charge in [-0.15, -0.1) is 0 Å². The molecule has 3 aromatic carbocycles. The van der Waals surface area contributed by atoms with E-state index in [4.69, 9.17) is 6.57 Å². The summed E-state index contributed by atoms with van der Waals surface area (Å²) >= 11 is 0. The van der Waals surface area contributed by atoms with Gasteiger partial charge in [0.05, 0.1) is 23.5 Å². The van der Waals surface area contributed by atoms with E-state index in [1.54, 1.807) is 48.5 Å². The molecular weight excluding hydrogens is 478 g/mol. The summed E-state index contributed by atoms with van der Waals surface area (Å²) in [6.07, 6.45) is 9.97. The van der Waals surface area contributed by atoms with Crippen molar-refractivity contribution in [1.82, 2.24) is 0 Å². The third kappa shape index (κ3) is 5.09. The fourth-order valence-corrected chi connectivity index (χ4v) is 6.16. The van der Waals surface area contributed by atoms with Crippen molar-refractivity contribution in [3.8, 4) is 6.07 Å². The summed E-state index contributed by atoms with van der Waals surface area (Å²) in [5.41, 5.74) is 2.60. The average molecular weight is 511 g/mol. The molecule has 0 atom stereocenters. The van der Waals surface area contributed by atoms with Crippen LogP contribution in [0, 0.1) is 29.5 Å². The van der Waals surface area contributed by atoms with Crippen molar-refractivity contribution in [3.05, 3.63) is 89.3 Å². The van der Waals surface area contributed by atoms with Gasteiger partial charge in [-0.25, -0.2) is 13.6 Å². The molecule has 0 bridgehead atoms. The second-order valence-corrected chi connectivity index (χ2v) is 10.3. The first-order valence-corrected chi connectivity index (χ1v) is 13.7. The minimum absolute atomic E-state index is 0.0261. The Morgan fingerprint density at radius 3 is 1.61 bits per heavy atom. The topological polar surface area (TPSA) is 34.6 Å². The molecule has 0 aromatic heterocycles. The predicted molar refractivity (Wildman–Crippen MR) is 148 cm³/mol. The monoisotopic (exact) mass is 510 g/mol. The molecule has 0 N–H and O–H groups in total. The maximum Gasteiger partial charge on any atom is 0.212 e. The molecule has 194 valence electrons. The van der Waals surface area contributed by atoms with Gasteiger partial charge in [0.15, 0.2) is 0 Å². The molecule has 2 aliphatic rings. The summed E-state index contributed by atoms with van der Waals surface area (Å²) in [6, 6.07) is 19.1. The summed E-state index contributed by atoms with van der Waals surface area (Å²) in [6.45, 7) is 8.09. The molecule has 4 nitrogen and oxygen atoms in total. The molecule has 0 unspecified atom stereocenters. The van der Waals surface area contributed by atoms with Gasteiger partial charge in [0.2, 0.25) is 5.69 Å². The Balaban J connectivity index is 1.69. The molecule has 0 aliphatic heterocycles. The number of rotatable bonds is 6. The van der Waals surface area contributed by atoms with Gasteiger partial charge >= 0.3 is 0 Å². The Labute approximate surface area is 223 Å². The maximum atomic E-state index is 15.2. The van der Waals surface area contributed by atoms with Crippen molar-refractivity contribution in [1.29, 1.82) is 5.26 Å². The van der Waals surface area contributed by atoms with E-state index < -0.39 is 0 Å². The average Bonchev–Trinajstić information content (AvgIpc) is 2.96. The van der Waals surface area contributed by atoms with Crippen LogP contribution in [-0.2, 0) is 0 Å². The van der Waals surface area contributed by atoms with E-state index in [-0.39, 0.29) is 23.7 Å². The lowest BCUT2D eigenvalue weighted by Gasteiger charge is -2.39. The van der Waals surface area contributed by atoms with Gasteiger partial charge in [-0.1, -0.05) is 62.8 Å². The number of para-hydroxylation sites is 2. The summed E-state index contributed by atoms with van der Waals surface area (Å²) in [5.74, 6) is -0.711. The molecule has 0 radical (unpaired) electrons. The zero-order chi connectivity index (χ0) is 26.5. The normalized spacial score (nSPS) is 16.4. The highest BCUT2D eigenvalue weighted by molar-refractivity contribution is 5.86. The van der Waals surface area contributed by atoms with E-state index in [9.17, 15) is 5.26 Å². The molecule has 6 heteroatoms. The number of halogens is 2. The predicted octanol–water partition coefficient (Wildman–Crippen LogP) is 9.33. The highest BCUT2D eigenvalue weighted by Crippen LogP contribution is 2.46. The second kappa shape index (κ2) is 11.7. The number of hydrogen-bond donors (Lipinski definition) is 0. The lowest BCUT2D eigenvalue weighted by molar-refractivity contribution is 0.432. The van der Waals surface area contributed by atoms with Gasteiger partial charge in [0.1, 0.15) is 17.7 Å². The van der Waals surface area contributed by atoms with Crippen molar-refractivity contribution >= 4 is 28.4 Å². The second-order valence-electron chi connectivity index (χ2n) is 10.3. The lowest BCUT2D eigenvalue weighted by Crippen LogP contribution is -2.35. The van der Waals surface area contributed by atoms with E-state index in [1.165, 1.54) is 12.1 Å². The van der Waals surface area contributed by atoms with Gasteiger partial charge in [-0.3, -0.25) is 0 Å². The summed E-state index contributed by atoms with van der Waals surface area (Å²) < 4.78 is 30.4. The minimum Gasteiger partial charge on any atom is -0.345 e. The molecule has 5 rings (SSSR count). The highest BCUT2D eigenvalue weighted by Gasteiger charge is 2.31. The zero-order valence-corrected chi connectivity index (χ0v) is 21.5. The van der Waals surface area contributed by atoms with Crippen LogP contribution >= 0.6 is 0 Å². The van der Waals surface area contributed by atoms with E-state index >= 15 is 8.78 Å². The number of anilines is 4. The Morgan fingerprint density at radius 2 is 1.16 bits per heavy atom. The van der Waals surface area contributed by atoms with E-state index in [0.29, 0.717) is 34.0 Å². The number of nitriles is 1. The Bertz CT molecular complexity index is 1260. The first kappa shape index (κ1) is 25.7. The van der Waals surface area contributed by atoms with Crippen LogP contribution in [-0.4, -0.2) is 12.1 Å². The first-order valence-electron chi connectivity index (χ1n) is 13.7.